The highest BCUT2D eigenvalue weighted by molar-refractivity contribution is 5.30. The van der Waals surface area contributed by atoms with Crippen molar-refractivity contribution in [3.63, 3.8) is 0 Å². The summed E-state index contributed by atoms with van der Waals surface area (Å²) >= 11 is 0. The summed E-state index contributed by atoms with van der Waals surface area (Å²) in [4.78, 5) is 7.01. The maximum absolute atomic E-state index is 4.72. The van der Waals surface area contributed by atoms with E-state index in [9.17, 15) is 0 Å². The molecule has 5 heteroatoms. The Hall–Kier alpha value is -1.10. The van der Waals surface area contributed by atoms with Crippen LogP contribution in [-0.2, 0) is 0 Å². The second-order valence-electron chi connectivity index (χ2n) is 5.66. The monoisotopic (exact) mass is 249 g/mol. The zero-order valence-corrected chi connectivity index (χ0v) is 11.2. The SMILES string of the molecule is CC1CN(c2n[nH]c(C3CCCCC3)n2)CCN1. The average Bonchev–Trinajstić information content (AvgIpc) is 2.89. The number of rotatable bonds is 2. The number of nitrogens with zero attached hydrogens (tertiary/aromatic N) is 3. The third kappa shape index (κ3) is 2.51. The van der Waals surface area contributed by atoms with Crippen molar-refractivity contribution in [2.24, 2.45) is 0 Å². The van der Waals surface area contributed by atoms with Crippen molar-refractivity contribution in [2.45, 2.75) is 51.0 Å². The highest BCUT2D eigenvalue weighted by Crippen LogP contribution is 2.31. The van der Waals surface area contributed by atoms with Gasteiger partial charge in [-0.25, -0.2) is 0 Å². The van der Waals surface area contributed by atoms with E-state index in [0.29, 0.717) is 12.0 Å². The fourth-order valence-electron chi connectivity index (χ4n) is 3.08. The van der Waals surface area contributed by atoms with Crippen molar-refractivity contribution >= 4 is 5.95 Å². The number of aromatic nitrogens is 3. The van der Waals surface area contributed by atoms with Crippen LogP contribution in [-0.4, -0.2) is 40.9 Å². The van der Waals surface area contributed by atoms with Crippen molar-refractivity contribution < 1.29 is 0 Å². The summed E-state index contributed by atoms with van der Waals surface area (Å²) in [5.41, 5.74) is 0. The summed E-state index contributed by atoms with van der Waals surface area (Å²) in [5, 5.41) is 11.0. The van der Waals surface area contributed by atoms with Gasteiger partial charge in [-0.05, 0) is 19.8 Å². The van der Waals surface area contributed by atoms with Gasteiger partial charge >= 0.3 is 0 Å². The third-order valence-electron chi connectivity index (χ3n) is 4.13. The maximum atomic E-state index is 4.72. The molecule has 3 rings (SSSR count). The highest BCUT2D eigenvalue weighted by atomic mass is 15.4. The molecule has 1 aromatic heterocycles. The highest BCUT2D eigenvalue weighted by Gasteiger charge is 2.23. The molecular weight excluding hydrogens is 226 g/mol. The van der Waals surface area contributed by atoms with Crippen molar-refractivity contribution in [3.8, 4) is 0 Å². The van der Waals surface area contributed by atoms with Crippen molar-refractivity contribution in [1.82, 2.24) is 20.5 Å². The average molecular weight is 249 g/mol. The Labute approximate surface area is 108 Å². The van der Waals surface area contributed by atoms with Crippen LogP contribution in [0.2, 0.25) is 0 Å². The topological polar surface area (TPSA) is 56.8 Å². The first-order valence-electron chi connectivity index (χ1n) is 7.23. The van der Waals surface area contributed by atoms with Gasteiger partial charge in [0.15, 0.2) is 0 Å². The Morgan fingerprint density at radius 2 is 2.06 bits per heavy atom. The molecule has 2 N–H and O–H groups in total. The lowest BCUT2D eigenvalue weighted by molar-refractivity contribution is 0.429. The summed E-state index contributed by atoms with van der Waals surface area (Å²) in [6, 6.07) is 0.524. The minimum Gasteiger partial charge on any atom is -0.337 e. The molecule has 1 aliphatic carbocycles. The Morgan fingerprint density at radius 3 is 2.83 bits per heavy atom. The van der Waals surface area contributed by atoms with E-state index in [1.54, 1.807) is 0 Å². The fraction of sp³-hybridized carbons (Fsp3) is 0.846. The normalized spacial score (nSPS) is 26.5. The largest absolute Gasteiger partial charge is 0.337 e. The number of nitrogens with one attached hydrogen (secondary N) is 2. The zero-order chi connectivity index (χ0) is 12.4. The smallest absolute Gasteiger partial charge is 0.244 e. The zero-order valence-electron chi connectivity index (χ0n) is 11.2. The van der Waals surface area contributed by atoms with Crippen LogP contribution in [0.4, 0.5) is 5.95 Å². The first-order chi connectivity index (χ1) is 8.83. The molecule has 1 saturated heterocycles. The molecule has 1 aliphatic heterocycles. The molecule has 5 nitrogen and oxygen atoms in total. The van der Waals surface area contributed by atoms with Gasteiger partial charge in [0, 0.05) is 31.6 Å². The lowest BCUT2D eigenvalue weighted by atomic mass is 9.89. The Balaban J connectivity index is 1.68. The first kappa shape index (κ1) is 12.0. The summed E-state index contributed by atoms with van der Waals surface area (Å²) in [5.74, 6) is 2.61. The second-order valence-corrected chi connectivity index (χ2v) is 5.66. The van der Waals surface area contributed by atoms with Gasteiger partial charge in [0.2, 0.25) is 5.95 Å². The molecule has 1 unspecified atom stereocenters. The van der Waals surface area contributed by atoms with Crippen LogP contribution in [0, 0.1) is 0 Å². The van der Waals surface area contributed by atoms with E-state index < -0.39 is 0 Å². The van der Waals surface area contributed by atoms with Crippen LogP contribution in [0.5, 0.6) is 0 Å². The standard InChI is InChI=1S/C13H23N5/c1-10-9-18(8-7-14-10)13-15-12(16-17-13)11-5-3-2-4-6-11/h10-11,14H,2-9H2,1H3,(H,15,16,17). The van der Waals surface area contributed by atoms with E-state index in [1.807, 2.05) is 0 Å². The van der Waals surface area contributed by atoms with Crippen molar-refractivity contribution in [1.29, 1.82) is 0 Å². The van der Waals surface area contributed by atoms with Crippen LogP contribution in [0.25, 0.3) is 0 Å². The molecular formula is C13H23N5. The van der Waals surface area contributed by atoms with Gasteiger partial charge in [0.1, 0.15) is 5.82 Å². The van der Waals surface area contributed by atoms with Crippen molar-refractivity contribution in [2.75, 3.05) is 24.5 Å². The molecule has 2 aliphatic rings. The fourth-order valence-corrected chi connectivity index (χ4v) is 3.08. The van der Waals surface area contributed by atoms with Crippen LogP contribution in [0.3, 0.4) is 0 Å². The molecule has 0 spiro atoms. The number of aromatic amines is 1. The minimum absolute atomic E-state index is 0.524. The van der Waals surface area contributed by atoms with E-state index in [1.165, 1.54) is 32.1 Å². The molecule has 1 aromatic rings. The molecule has 18 heavy (non-hydrogen) atoms. The molecule has 1 saturated carbocycles. The molecule has 0 amide bonds. The van der Waals surface area contributed by atoms with Gasteiger partial charge in [-0.2, -0.15) is 4.98 Å². The molecule has 100 valence electrons. The molecule has 2 heterocycles. The van der Waals surface area contributed by atoms with Gasteiger partial charge in [0.25, 0.3) is 0 Å². The number of hydrogen-bond acceptors (Lipinski definition) is 4. The molecule has 2 fully saturated rings. The number of H-pyrrole nitrogens is 1. The summed E-state index contributed by atoms with van der Waals surface area (Å²) in [6.45, 7) is 5.24. The summed E-state index contributed by atoms with van der Waals surface area (Å²) < 4.78 is 0. The lowest BCUT2D eigenvalue weighted by Crippen LogP contribution is -2.49. The van der Waals surface area contributed by atoms with Gasteiger partial charge in [-0.1, -0.05) is 19.3 Å². The van der Waals surface area contributed by atoms with E-state index in [2.05, 4.69) is 27.3 Å². The van der Waals surface area contributed by atoms with E-state index in [4.69, 9.17) is 4.98 Å². The van der Waals surface area contributed by atoms with Crippen molar-refractivity contribution in [3.05, 3.63) is 5.82 Å². The van der Waals surface area contributed by atoms with E-state index in [-0.39, 0.29) is 0 Å². The predicted octanol–water partition coefficient (Wildman–Crippen LogP) is 1.65. The lowest BCUT2D eigenvalue weighted by Gasteiger charge is -2.30. The van der Waals surface area contributed by atoms with Gasteiger partial charge < -0.3 is 10.2 Å². The number of piperazine rings is 1. The summed E-state index contributed by atoms with van der Waals surface area (Å²) in [6.07, 6.45) is 6.60. The number of anilines is 1. The Morgan fingerprint density at radius 1 is 1.22 bits per heavy atom. The van der Waals surface area contributed by atoms with E-state index in [0.717, 1.165) is 31.4 Å². The molecule has 0 bridgehead atoms. The van der Waals surface area contributed by atoms with E-state index >= 15 is 0 Å². The Bertz CT molecular complexity index is 382. The predicted molar refractivity (Wildman–Crippen MR) is 71.9 cm³/mol. The van der Waals surface area contributed by atoms with Gasteiger partial charge in [0.05, 0.1) is 0 Å². The quantitative estimate of drug-likeness (QED) is 0.837. The maximum Gasteiger partial charge on any atom is 0.244 e. The second kappa shape index (κ2) is 5.26. The third-order valence-corrected chi connectivity index (χ3v) is 4.13. The first-order valence-corrected chi connectivity index (χ1v) is 7.23. The minimum atomic E-state index is 0.524. The van der Waals surface area contributed by atoms with Crippen LogP contribution >= 0.6 is 0 Å². The molecule has 0 aromatic carbocycles. The van der Waals surface area contributed by atoms with Gasteiger partial charge in [-0.15, -0.1) is 5.10 Å². The van der Waals surface area contributed by atoms with Gasteiger partial charge in [-0.3, -0.25) is 5.10 Å². The number of hydrogen-bond donors (Lipinski definition) is 2. The van der Waals surface area contributed by atoms with Crippen LogP contribution in [0.1, 0.15) is 50.8 Å². The molecule has 0 radical (unpaired) electrons. The Kier molecular flexibility index (Phi) is 3.50. The van der Waals surface area contributed by atoms with Crippen LogP contribution in [0.15, 0.2) is 0 Å². The molecule has 1 atom stereocenters. The van der Waals surface area contributed by atoms with Crippen LogP contribution < -0.4 is 10.2 Å². The summed E-state index contributed by atoms with van der Waals surface area (Å²) in [7, 11) is 0.